The van der Waals surface area contributed by atoms with Crippen LogP contribution in [0.1, 0.15) is 39.5 Å². The number of nitrogens with one attached hydrogen (secondary N) is 1. The van der Waals surface area contributed by atoms with Crippen molar-refractivity contribution in [1.29, 1.82) is 0 Å². The molecule has 0 radical (unpaired) electrons. The van der Waals surface area contributed by atoms with Gasteiger partial charge < -0.3 is 15.2 Å². The van der Waals surface area contributed by atoms with Gasteiger partial charge in [-0.15, -0.1) is 0 Å². The molecule has 0 spiro atoms. The molecule has 4 nitrogen and oxygen atoms in total. The van der Waals surface area contributed by atoms with Crippen LogP contribution in [0.25, 0.3) is 0 Å². The van der Waals surface area contributed by atoms with E-state index in [1.807, 2.05) is 0 Å². The van der Waals surface area contributed by atoms with Gasteiger partial charge in [0.05, 0.1) is 12.7 Å². The summed E-state index contributed by atoms with van der Waals surface area (Å²) >= 11 is 0. The van der Waals surface area contributed by atoms with E-state index in [-0.39, 0.29) is 12.1 Å². The molecule has 1 heterocycles. The van der Waals surface area contributed by atoms with E-state index in [2.05, 4.69) is 24.1 Å². The van der Waals surface area contributed by atoms with Crippen molar-refractivity contribution in [3.05, 3.63) is 0 Å². The van der Waals surface area contributed by atoms with Crippen LogP contribution in [0.15, 0.2) is 0 Å². The first kappa shape index (κ1) is 14.3. The Hall–Kier alpha value is -0.160. The zero-order valence-electron chi connectivity index (χ0n) is 11.8. The summed E-state index contributed by atoms with van der Waals surface area (Å²) in [4.78, 5) is 2.58. The number of nitrogens with zero attached hydrogens (tertiary/aromatic N) is 1. The van der Waals surface area contributed by atoms with Crippen LogP contribution in [0.2, 0.25) is 0 Å². The van der Waals surface area contributed by atoms with Crippen LogP contribution in [0.3, 0.4) is 0 Å². The summed E-state index contributed by atoms with van der Waals surface area (Å²) in [6, 6.07) is 0.611. The van der Waals surface area contributed by atoms with Crippen molar-refractivity contribution < 1.29 is 9.84 Å². The lowest BCUT2D eigenvalue weighted by atomic mass is 9.98. The average molecular weight is 256 g/mol. The van der Waals surface area contributed by atoms with Crippen LogP contribution in [0.4, 0.5) is 0 Å². The van der Waals surface area contributed by atoms with Crippen LogP contribution >= 0.6 is 0 Å². The van der Waals surface area contributed by atoms with Gasteiger partial charge in [-0.3, -0.25) is 4.90 Å². The van der Waals surface area contributed by atoms with E-state index >= 15 is 0 Å². The standard InChI is InChI=1S/C14H28N2O2/c1-3-15-14(11-17)6-5-13(9-14)16-7-4-8-18-12(2)10-16/h12-13,15,17H,3-11H2,1-2H3. The summed E-state index contributed by atoms with van der Waals surface area (Å²) in [5.41, 5.74) is -0.0319. The molecule has 0 amide bonds. The Kier molecular flexibility index (Phi) is 5.01. The molecule has 3 unspecified atom stereocenters. The maximum absolute atomic E-state index is 9.67. The molecule has 2 fully saturated rings. The Morgan fingerprint density at radius 3 is 3.06 bits per heavy atom. The smallest absolute Gasteiger partial charge is 0.0674 e. The SMILES string of the molecule is CCNC1(CO)CCC(N2CCCOC(C)C2)C1. The first-order chi connectivity index (χ1) is 8.69. The van der Waals surface area contributed by atoms with Crippen LogP contribution in [-0.4, -0.2) is 60.5 Å². The van der Waals surface area contributed by atoms with Crippen molar-refractivity contribution in [1.82, 2.24) is 10.2 Å². The molecule has 0 aromatic rings. The molecule has 2 N–H and O–H groups in total. The van der Waals surface area contributed by atoms with Crippen molar-refractivity contribution >= 4 is 0 Å². The zero-order valence-corrected chi connectivity index (χ0v) is 11.8. The van der Waals surface area contributed by atoms with Gasteiger partial charge >= 0.3 is 0 Å². The van der Waals surface area contributed by atoms with Gasteiger partial charge in [0.2, 0.25) is 0 Å². The highest BCUT2D eigenvalue weighted by molar-refractivity contribution is 4.99. The topological polar surface area (TPSA) is 44.7 Å². The summed E-state index contributed by atoms with van der Waals surface area (Å²) in [7, 11) is 0. The summed E-state index contributed by atoms with van der Waals surface area (Å²) in [6.07, 6.45) is 4.84. The average Bonchev–Trinajstić information content (AvgIpc) is 2.66. The Labute approximate surface area is 111 Å². The fourth-order valence-electron chi connectivity index (χ4n) is 3.50. The third-order valence-corrected chi connectivity index (χ3v) is 4.44. The maximum Gasteiger partial charge on any atom is 0.0674 e. The van der Waals surface area contributed by atoms with Crippen molar-refractivity contribution in [2.75, 3.05) is 32.8 Å². The fourth-order valence-corrected chi connectivity index (χ4v) is 3.50. The molecule has 0 aromatic heterocycles. The third kappa shape index (κ3) is 3.23. The molecule has 1 aliphatic carbocycles. The second-order valence-electron chi connectivity index (χ2n) is 5.90. The molecule has 0 aromatic carbocycles. The van der Waals surface area contributed by atoms with E-state index in [1.54, 1.807) is 0 Å². The molecule has 1 saturated heterocycles. The van der Waals surface area contributed by atoms with Gasteiger partial charge in [0, 0.05) is 31.3 Å². The van der Waals surface area contributed by atoms with Gasteiger partial charge in [-0.05, 0) is 39.2 Å². The lowest BCUT2D eigenvalue weighted by Gasteiger charge is -2.32. The van der Waals surface area contributed by atoms with Crippen LogP contribution < -0.4 is 5.32 Å². The van der Waals surface area contributed by atoms with Crippen LogP contribution in [0.5, 0.6) is 0 Å². The Morgan fingerprint density at radius 1 is 1.50 bits per heavy atom. The van der Waals surface area contributed by atoms with Crippen molar-refractivity contribution in [3.63, 3.8) is 0 Å². The van der Waals surface area contributed by atoms with E-state index in [9.17, 15) is 5.11 Å². The minimum absolute atomic E-state index is 0.0319. The monoisotopic (exact) mass is 256 g/mol. The zero-order chi connectivity index (χ0) is 13.0. The van der Waals surface area contributed by atoms with Gasteiger partial charge in [-0.2, -0.15) is 0 Å². The van der Waals surface area contributed by atoms with E-state index < -0.39 is 0 Å². The predicted molar refractivity (Wildman–Crippen MR) is 72.7 cm³/mol. The normalized spacial score (nSPS) is 38.8. The number of ether oxygens (including phenoxy) is 1. The summed E-state index contributed by atoms with van der Waals surface area (Å²) in [5.74, 6) is 0. The van der Waals surface area contributed by atoms with Gasteiger partial charge in [0.25, 0.3) is 0 Å². The molecule has 18 heavy (non-hydrogen) atoms. The van der Waals surface area contributed by atoms with Gasteiger partial charge in [-0.1, -0.05) is 6.92 Å². The molecule has 106 valence electrons. The molecule has 4 heteroatoms. The minimum Gasteiger partial charge on any atom is -0.394 e. The summed E-state index contributed by atoms with van der Waals surface area (Å²) in [5, 5.41) is 13.2. The van der Waals surface area contributed by atoms with E-state index in [0.29, 0.717) is 12.1 Å². The Morgan fingerprint density at radius 2 is 2.33 bits per heavy atom. The molecule has 1 aliphatic heterocycles. The molecular formula is C14H28N2O2. The van der Waals surface area contributed by atoms with Crippen LogP contribution in [-0.2, 0) is 4.74 Å². The number of hydrogen-bond donors (Lipinski definition) is 2. The fraction of sp³-hybridized carbons (Fsp3) is 1.00. The second-order valence-corrected chi connectivity index (χ2v) is 5.90. The number of aliphatic hydroxyl groups is 1. The lowest BCUT2D eigenvalue weighted by Crippen LogP contribution is -2.48. The van der Waals surface area contributed by atoms with Crippen molar-refractivity contribution in [2.24, 2.45) is 0 Å². The minimum atomic E-state index is -0.0319. The maximum atomic E-state index is 9.67. The van der Waals surface area contributed by atoms with E-state index in [1.165, 1.54) is 6.42 Å². The summed E-state index contributed by atoms with van der Waals surface area (Å²) < 4.78 is 5.71. The molecule has 3 atom stereocenters. The molecule has 2 aliphatic rings. The number of hydrogen-bond acceptors (Lipinski definition) is 4. The third-order valence-electron chi connectivity index (χ3n) is 4.44. The van der Waals surface area contributed by atoms with E-state index in [0.717, 1.165) is 45.5 Å². The van der Waals surface area contributed by atoms with E-state index in [4.69, 9.17) is 4.74 Å². The van der Waals surface area contributed by atoms with Crippen LogP contribution in [0, 0.1) is 0 Å². The Bertz CT molecular complexity index is 262. The molecule has 2 rings (SSSR count). The first-order valence-corrected chi connectivity index (χ1v) is 7.40. The van der Waals surface area contributed by atoms with Gasteiger partial charge in [0.1, 0.15) is 0 Å². The molecule has 1 saturated carbocycles. The van der Waals surface area contributed by atoms with Gasteiger partial charge in [-0.25, -0.2) is 0 Å². The van der Waals surface area contributed by atoms with Crippen molar-refractivity contribution in [3.8, 4) is 0 Å². The highest BCUT2D eigenvalue weighted by Gasteiger charge is 2.40. The van der Waals surface area contributed by atoms with Crippen molar-refractivity contribution in [2.45, 2.75) is 57.2 Å². The summed E-state index contributed by atoms with van der Waals surface area (Å²) in [6.45, 7) is 8.55. The first-order valence-electron chi connectivity index (χ1n) is 7.40. The highest BCUT2D eigenvalue weighted by atomic mass is 16.5. The lowest BCUT2D eigenvalue weighted by molar-refractivity contribution is 0.0594. The quantitative estimate of drug-likeness (QED) is 0.787. The molecule has 0 bridgehead atoms. The van der Waals surface area contributed by atoms with Gasteiger partial charge in [0.15, 0.2) is 0 Å². The predicted octanol–water partition coefficient (Wildman–Crippen LogP) is 0.990. The number of aliphatic hydroxyl groups excluding tert-OH is 1. The number of rotatable bonds is 4. The number of likely N-dealkylation sites (N-methyl/N-ethyl adjacent to an activating group) is 1. The second kappa shape index (κ2) is 6.33. The largest absolute Gasteiger partial charge is 0.394 e. The molecular weight excluding hydrogens is 228 g/mol. The Balaban J connectivity index is 1.94. The highest BCUT2D eigenvalue weighted by Crippen LogP contribution is 2.33.